The molecule has 1 fully saturated rings. The Labute approximate surface area is 86.3 Å². The summed E-state index contributed by atoms with van der Waals surface area (Å²) in [5.41, 5.74) is 2.55. The molecule has 1 saturated heterocycles. The van der Waals surface area contributed by atoms with Gasteiger partial charge in [-0.2, -0.15) is 0 Å². The summed E-state index contributed by atoms with van der Waals surface area (Å²) in [5, 5.41) is 0. The van der Waals surface area contributed by atoms with Crippen LogP contribution in [0.5, 0.6) is 0 Å². The summed E-state index contributed by atoms with van der Waals surface area (Å²) in [6, 6.07) is 5.86. The molecule has 4 heteroatoms. The summed E-state index contributed by atoms with van der Waals surface area (Å²) in [4.78, 5) is 16.5. The zero-order chi connectivity index (χ0) is 10.6. The van der Waals surface area contributed by atoms with Gasteiger partial charge in [0.15, 0.2) is 0 Å². The summed E-state index contributed by atoms with van der Waals surface area (Å²) in [7, 11) is 0. The lowest BCUT2D eigenvalue weighted by molar-refractivity contribution is 0.325. The smallest absolute Gasteiger partial charge is 0.323 e. The number of rotatable bonds is 1. The molecule has 1 atom stereocenters. The number of hydrogen-bond donors (Lipinski definition) is 2. The Morgan fingerprint density at radius 3 is 2.60 bits per heavy atom. The van der Waals surface area contributed by atoms with Crippen LogP contribution in [0, 0.1) is 0 Å². The van der Waals surface area contributed by atoms with Gasteiger partial charge in [0.2, 0.25) is 0 Å². The van der Waals surface area contributed by atoms with Gasteiger partial charge >= 0.3 is 5.69 Å². The van der Waals surface area contributed by atoms with Gasteiger partial charge in [0.05, 0.1) is 16.6 Å². The third-order valence-electron chi connectivity index (χ3n) is 2.84. The third-order valence-corrected chi connectivity index (χ3v) is 2.84. The highest BCUT2D eigenvalue weighted by molar-refractivity contribution is 5.75. The van der Waals surface area contributed by atoms with Crippen molar-refractivity contribution in [1.82, 2.24) is 9.97 Å². The number of ether oxygens (including phenoxy) is 1. The van der Waals surface area contributed by atoms with E-state index in [1.807, 2.05) is 18.2 Å². The first-order chi connectivity index (χ1) is 7.06. The van der Waals surface area contributed by atoms with Gasteiger partial charge in [-0.15, -0.1) is 0 Å². The molecule has 0 radical (unpaired) electrons. The van der Waals surface area contributed by atoms with Crippen LogP contribution in [0.4, 0.5) is 0 Å². The van der Waals surface area contributed by atoms with Crippen LogP contribution in [-0.2, 0) is 4.74 Å². The lowest BCUT2D eigenvalue weighted by Crippen LogP contribution is -1.99. The van der Waals surface area contributed by atoms with E-state index in [0.717, 1.165) is 16.6 Å². The fraction of sp³-hybridized carbons (Fsp3) is 0.364. The molecule has 1 aliphatic rings. The SMILES string of the molecule is CC1(C)OC1c1ccc2[nH]c(=O)[nH]c2c1. The van der Waals surface area contributed by atoms with E-state index in [1.54, 1.807) is 0 Å². The Morgan fingerprint density at radius 1 is 1.27 bits per heavy atom. The Kier molecular flexibility index (Phi) is 1.47. The van der Waals surface area contributed by atoms with Crippen LogP contribution in [0.25, 0.3) is 11.0 Å². The Balaban J connectivity index is 2.11. The first kappa shape index (κ1) is 8.73. The quantitative estimate of drug-likeness (QED) is 0.694. The predicted octanol–water partition coefficient (Wildman–Crippen LogP) is 1.71. The van der Waals surface area contributed by atoms with Crippen LogP contribution >= 0.6 is 0 Å². The molecule has 1 aromatic heterocycles. The van der Waals surface area contributed by atoms with Gasteiger partial charge in [-0.05, 0) is 31.5 Å². The molecule has 3 rings (SSSR count). The van der Waals surface area contributed by atoms with Crippen molar-refractivity contribution in [2.75, 3.05) is 0 Å². The van der Waals surface area contributed by atoms with E-state index in [0.29, 0.717) is 0 Å². The predicted molar refractivity (Wildman–Crippen MR) is 56.8 cm³/mol. The maximum Gasteiger partial charge on any atom is 0.323 e. The molecular weight excluding hydrogens is 192 g/mol. The molecule has 1 aliphatic heterocycles. The van der Waals surface area contributed by atoms with E-state index in [-0.39, 0.29) is 17.4 Å². The summed E-state index contributed by atoms with van der Waals surface area (Å²) in [6.45, 7) is 4.11. The van der Waals surface area contributed by atoms with Crippen LogP contribution in [0.15, 0.2) is 23.0 Å². The maximum absolute atomic E-state index is 11.1. The second kappa shape index (κ2) is 2.52. The molecule has 78 valence electrons. The average Bonchev–Trinajstić information content (AvgIpc) is 2.65. The van der Waals surface area contributed by atoms with Crippen LogP contribution < -0.4 is 5.69 Å². The van der Waals surface area contributed by atoms with Crippen molar-refractivity contribution in [2.45, 2.75) is 25.6 Å². The number of H-pyrrole nitrogens is 2. The third kappa shape index (κ3) is 1.29. The number of fused-ring (bicyclic) bond motifs is 1. The van der Waals surface area contributed by atoms with Crippen molar-refractivity contribution in [2.24, 2.45) is 0 Å². The number of benzene rings is 1. The van der Waals surface area contributed by atoms with Crippen LogP contribution in [0.1, 0.15) is 25.5 Å². The minimum absolute atomic E-state index is 0.0652. The number of aromatic amines is 2. The fourth-order valence-electron chi connectivity index (χ4n) is 1.95. The monoisotopic (exact) mass is 204 g/mol. The van der Waals surface area contributed by atoms with Crippen molar-refractivity contribution in [3.63, 3.8) is 0 Å². The zero-order valence-electron chi connectivity index (χ0n) is 8.63. The molecular formula is C11H12N2O2. The highest BCUT2D eigenvalue weighted by atomic mass is 16.6. The van der Waals surface area contributed by atoms with Gasteiger partial charge in [0.1, 0.15) is 6.10 Å². The number of nitrogens with one attached hydrogen (secondary N) is 2. The van der Waals surface area contributed by atoms with Crippen molar-refractivity contribution < 1.29 is 4.74 Å². The highest BCUT2D eigenvalue weighted by Gasteiger charge is 2.48. The van der Waals surface area contributed by atoms with Crippen LogP contribution in [0.2, 0.25) is 0 Å². The summed E-state index contributed by atoms with van der Waals surface area (Å²) >= 11 is 0. The molecule has 0 amide bonds. The van der Waals surface area contributed by atoms with Crippen molar-refractivity contribution in [3.8, 4) is 0 Å². The van der Waals surface area contributed by atoms with Gasteiger partial charge in [-0.3, -0.25) is 0 Å². The van der Waals surface area contributed by atoms with Crippen molar-refractivity contribution >= 4 is 11.0 Å². The molecule has 15 heavy (non-hydrogen) atoms. The summed E-state index contributed by atoms with van der Waals surface area (Å²) in [5.74, 6) is 0. The summed E-state index contributed by atoms with van der Waals surface area (Å²) in [6.07, 6.45) is 0.153. The van der Waals surface area contributed by atoms with E-state index >= 15 is 0 Å². The maximum atomic E-state index is 11.1. The molecule has 4 nitrogen and oxygen atoms in total. The van der Waals surface area contributed by atoms with Crippen molar-refractivity contribution in [1.29, 1.82) is 0 Å². The molecule has 1 unspecified atom stereocenters. The fourth-order valence-corrected chi connectivity index (χ4v) is 1.95. The molecule has 2 aromatic rings. The minimum atomic E-state index is -0.168. The lowest BCUT2D eigenvalue weighted by atomic mass is 10.0. The molecule has 1 aromatic carbocycles. The second-order valence-corrected chi connectivity index (χ2v) is 4.49. The van der Waals surface area contributed by atoms with E-state index in [9.17, 15) is 4.79 Å². The Bertz CT molecular complexity index is 580. The number of imidazole rings is 1. The molecule has 0 spiro atoms. The van der Waals surface area contributed by atoms with E-state index in [4.69, 9.17) is 4.74 Å². The molecule has 2 heterocycles. The molecule has 2 N–H and O–H groups in total. The van der Waals surface area contributed by atoms with E-state index in [1.165, 1.54) is 0 Å². The van der Waals surface area contributed by atoms with Gasteiger partial charge in [0.25, 0.3) is 0 Å². The van der Waals surface area contributed by atoms with Gasteiger partial charge in [0, 0.05) is 0 Å². The average molecular weight is 204 g/mol. The Morgan fingerprint density at radius 2 is 1.93 bits per heavy atom. The molecule has 0 saturated carbocycles. The first-order valence-electron chi connectivity index (χ1n) is 4.96. The normalized spacial score (nSPS) is 23.2. The highest BCUT2D eigenvalue weighted by Crippen LogP contribution is 2.48. The zero-order valence-corrected chi connectivity index (χ0v) is 8.63. The number of hydrogen-bond acceptors (Lipinski definition) is 2. The van der Waals surface area contributed by atoms with Crippen molar-refractivity contribution in [3.05, 3.63) is 34.2 Å². The standard InChI is InChI=1S/C11H12N2O2/c1-11(2)9(15-11)6-3-4-7-8(5-6)13-10(14)12-7/h3-5,9H,1-2H3,(H2,12,13,14). The lowest BCUT2D eigenvalue weighted by Gasteiger charge is -1.97. The van der Waals surface area contributed by atoms with E-state index in [2.05, 4.69) is 23.8 Å². The van der Waals surface area contributed by atoms with Gasteiger partial charge in [-0.1, -0.05) is 6.07 Å². The number of epoxide rings is 1. The van der Waals surface area contributed by atoms with Gasteiger partial charge < -0.3 is 14.7 Å². The second-order valence-electron chi connectivity index (χ2n) is 4.49. The van der Waals surface area contributed by atoms with Gasteiger partial charge in [-0.25, -0.2) is 4.79 Å². The minimum Gasteiger partial charge on any atom is -0.362 e. The summed E-state index contributed by atoms with van der Waals surface area (Å²) < 4.78 is 5.54. The number of aromatic nitrogens is 2. The van der Waals surface area contributed by atoms with Crippen LogP contribution in [-0.4, -0.2) is 15.6 Å². The Hall–Kier alpha value is -1.55. The molecule has 0 aliphatic carbocycles. The first-order valence-corrected chi connectivity index (χ1v) is 4.96. The molecule has 0 bridgehead atoms. The van der Waals surface area contributed by atoms with Crippen LogP contribution in [0.3, 0.4) is 0 Å². The topological polar surface area (TPSA) is 61.2 Å². The largest absolute Gasteiger partial charge is 0.362 e. The van der Waals surface area contributed by atoms with E-state index < -0.39 is 0 Å².